The van der Waals surface area contributed by atoms with Crippen molar-refractivity contribution in [1.82, 2.24) is 0 Å². The van der Waals surface area contributed by atoms with Gasteiger partial charge in [-0.25, -0.2) is 0 Å². The lowest BCUT2D eigenvalue weighted by molar-refractivity contribution is -0.259. The minimum atomic E-state index is -0.638. The van der Waals surface area contributed by atoms with Gasteiger partial charge in [0, 0.05) is 12.5 Å². The minimum absolute atomic E-state index is 0.00674. The topological polar surface area (TPSA) is 90.7 Å². The molecular formula is C12H26N2O3. The van der Waals surface area contributed by atoms with Gasteiger partial charge in [-0.1, -0.05) is 13.8 Å². The summed E-state index contributed by atoms with van der Waals surface area (Å²) in [6.45, 7) is 8.26. The molecule has 17 heavy (non-hydrogen) atoms. The lowest BCUT2D eigenvalue weighted by Gasteiger charge is -2.45. The molecule has 5 atom stereocenters. The third kappa shape index (κ3) is 3.39. The summed E-state index contributed by atoms with van der Waals surface area (Å²) in [5, 5.41) is 10.3. The second-order valence-corrected chi connectivity index (χ2v) is 5.35. The van der Waals surface area contributed by atoms with Crippen molar-refractivity contribution in [3.05, 3.63) is 0 Å². The molecule has 1 rings (SSSR count). The smallest absolute Gasteiger partial charge is 0.175 e. The molecule has 5 nitrogen and oxygen atoms in total. The SMILES string of the molecule is CC(C)O[C@H]1OC(CN)[C@@H](C(C)C)C(O)[C@H]1N. The highest BCUT2D eigenvalue weighted by Crippen LogP contribution is 2.31. The van der Waals surface area contributed by atoms with E-state index in [0.29, 0.717) is 6.54 Å². The van der Waals surface area contributed by atoms with Crippen molar-refractivity contribution in [2.75, 3.05) is 6.54 Å². The van der Waals surface area contributed by atoms with E-state index in [1.54, 1.807) is 0 Å². The van der Waals surface area contributed by atoms with Gasteiger partial charge >= 0.3 is 0 Å². The highest BCUT2D eigenvalue weighted by atomic mass is 16.7. The molecule has 0 spiro atoms. The van der Waals surface area contributed by atoms with Crippen molar-refractivity contribution in [2.24, 2.45) is 23.3 Å². The predicted octanol–water partition coefficient (Wildman–Crippen LogP) is 0.0554. The Kier molecular flexibility index (Phi) is 5.34. The van der Waals surface area contributed by atoms with E-state index in [9.17, 15) is 5.11 Å². The second-order valence-electron chi connectivity index (χ2n) is 5.35. The molecule has 0 amide bonds. The monoisotopic (exact) mass is 246 g/mol. The van der Waals surface area contributed by atoms with Crippen LogP contribution < -0.4 is 11.5 Å². The fourth-order valence-corrected chi connectivity index (χ4v) is 2.42. The molecule has 0 bridgehead atoms. The van der Waals surface area contributed by atoms with Crippen molar-refractivity contribution in [1.29, 1.82) is 0 Å². The summed E-state index contributed by atoms with van der Waals surface area (Å²) in [7, 11) is 0. The molecule has 5 heteroatoms. The molecular weight excluding hydrogens is 220 g/mol. The summed E-state index contributed by atoms with van der Waals surface area (Å²) in [6, 6.07) is -0.521. The third-order valence-corrected chi connectivity index (χ3v) is 3.25. The standard InChI is InChI=1S/C12H26N2O3/c1-6(2)9-8(5-13)17-12(16-7(3)4)10(14)11(9)15/h6-12,15H,5,13-14H2,1-4H3/t8?,9-,10-,11?,12+/m1/s1. The molecule has 0 saturated carbocycles. The van der Waals surface area contributed by atoms with Crippen molar-refractivity contribution in [3.8, 4) is 0 Å². The number of hydrogen-bond donors (Lipinski definition) is 3. The zero-order valence-electron chi connectivity index (χ0n) is 11.2. The fraction of sp³-hybridized carbons (Fsp3) is 1.00. The van der Waals surface area contributed by atoms with Crippen LogP contribution in [0.4, 0.5) is 0 Å². The van der Waals surface area contributed by atoms with Crippen LogP contribution in [0.3, 0.4) is 0 Å². The van der Waals surface area contributed by atoms with Gasteiger partial charge in [-0.2, -0.15) is 0 Å². The molecule has 5 N–H and O–H groups in total. The Morgan fingerprint density at radius 1 is 1.29 bits per heavy atom. The van der Waals surface area contributed by atoms with Crippen LogP contribution >= 0.6 is 0 Å². The molecule has 0 aromatic rings. The van der Waals surface area contributed by atoms with Gasteiger partial charge in [-0.15, -0.1) is 0 Å². The van der Waals surface area contributed by atoms with E-state index >= 15 is 0 Å². The summed E-state index contributed by atoms with van der Waals surface area (Å²) in [5.74, 6) is 0.228. The van der Waals surface area contributed by atoms with Gasteiger partial charge in [0.05, 0.1) is 24.4 Å². The Hall–Kier alpha value is -0.200. The van der Waals surface area contributed by atoms with Crippen LogP contribution in [-0.2, 0) is 9.47 Å². The Labute approximate surface area is 103 Å². The average molecular weight is 246 g/mol. The number of nitrogens with two attached hydrogens (primary N) is 2. The average Bonchev–Trinajstić information content (AvgIpc) is 2.23. The van der Waals surface area contributed by atoms with Gasteiger partial charge in [0.2, 0.25) is 0 Å². The van der Waals surface area contributed by atoms with E-state index in [0.717, 1.165) is 0 Å². The molecule has 0 aliphatic carbocycles. The van der Waals surface area contributed by atoms with Gasteiger partial charge in [0.25, 0.3) is 0 Å². The molecule has 1 saturated heterocycles. The van der Waals surface area contributed by atoms with Crippen LogP contribution in [0.1, 0.15) is 27.7 Å². The second kappa shape index (κ2) is 6.11. The Balaban J connectivity index is 2.78. The Morgan fingerprint density at radius 3 is 2.29 bits per heavy atom. The normalized spacial score (nSPS) is 39.0. The van der Waals surface area contributed by atoms with E-state index in [1.165, 1.54) is 0 Å². The van der Waals surface area contributed by atoms with E-state index in [2.05, 4.69) is 0 Å². The zero-order chi connectivity index (χ0) is 13.2. The highest BCUT2D eigenvalue weighted by molar-refractivity contribution is 4.93. The van der Waals surface area contributed by atoms with Crippen LogP contribution in [0.15, 0.2) is 0 Å². The fourth-order valence-electron chi connectivity index (χ4n) is 2.42. The lowest BCUT2D eigenvalue weighted by Crippen LogP contribution is -2.62. The van der Waals surface area contributed by atoms with Crippen LogP contribution in [0, 0.1) is 11.8 Å². The van der Waals surface area contributed by atoms with E-state index in [-0.39, 0.29) is 24.0 Å². The molecule has 1 fully saturated rings. The maximum absolute atomic E-state index is 10.3. The quantitative estimate of drug-likeness (QED) is 0.652. The van der Waals surface area contributed by atoms with Crippen molar-refractivity contribution >= 4 is 0 Å². The van der Waals surface area contributed by atoms with Crippen LogP contribution in [-0.4, -0.2) is 42.3 Å². The number of hydrogen-bond acceptors (Lipinski definition) is 5. The summed E-state index contributed by atoms with van der Waals surface area (Å²) in [5.41, 5.74) is 11.7. The Morgan fingerprint density at radius 2 is 1.88 bits per heavy atom. The van der Waals surface area contributed by atoms with Crippen LogP contribution in [0.2, 0.25) is 0 Å². The summed E-state index contributed by atoms with van der Waals surface area (Å²) >= 11 is 0. The van der Waals surface area contributed by atoms with Gasteiger partial charge in [0.15, 0.2) is 6.29 Å². The summed E-state index contributed by atoms with van der Waals surface area (Å²) in [4.78, 5) is 0. The van der Waals surface area contributed by atoms with E-state index < -0.39 is 18.4 Å². The molecule has 102 valence electrons. The first kappa shape index (κ1) is 14.9. The first-order valence-corrected chi connectivity index (χ1v) is 6.33. The maximum atomic E-state index is 10.3. The zero-order valence-corrected chi connectivity index (χ0v) is 11.2. The molecule has 0 aromatic heterocycles. The summed E-state index contributed by atoms with van der Waals surface area (Å²) < 4.78 is 11.3. The summed E-state index contributed by atoms with van der Waals surface area (Å²) in [6.07, 6.45) is -1.41. The predicted molar refractivity (Wildman–Crippen MR) is 66.2 cm³/mol. The number of aliphatic hydroxyl groups excluding tert-OH is 1. The van der Waals surface area contributed by atoms with Crippen LogP contribution in [0.25, 0.3) is 0 Å². The van der Waals surface area contributed by atoms with Gasteiger partial charge in [0.1, 0.15) is 0 Å². The van der Waals surface area contributed by atoms with Gasteiger partial charge in [-0.3, -0.25) is 0 Å². The Bertz CT molecular complexity index is 232. The molecule has 0 radical (unpaired) electrons. The van der Waals surface area contributed by atoms with Crippen molar-refractivity contribution in [3.63, 3.8) is 0 Å². The first-order chi connectivity index (χ1) is 7.88. The largest absolute Gasteiger partial charge is 0.391 e. The van der Waals surface area contributed by atoms with Crippen molar-refractivity contribution < 1.29 is 14.6 Å². The minimum Gasteiger partial charge on any atom is -0.391 e. The lowest BCUT2D eigenvalue weighted by atomic mass is 9.80. The first-order valence-electron chi connectivity index (χ1n) is 6.33. The number of rotatable bonds is 4. The van der Waals surface area contributed by atoms with Crippen LogP contribution in [0.5, 0.6) is 0 Å². The highest BCUT2D eigenvalue weighted by Gasteiger charge is 2.44. The molecule has 1 aliphatic rings. The van der Waals surface area contributed by atoms with Gasteiger partial charge in [-0.05, 0) is 19.8 Å². The van der Waals surface area contributed by atoms with E-state index in [4.69, 9.17) is 20.9 Å². The van der Waals surface area contributed by atoms with E-state index in [1.807, 2.05) is 27.7 Å². The maximum Gasteiger partial charge on any atom is 0.175 e. The third-order valence-electron chi connectivity index (χ3n) is 3.25. The van der Waals surface area contributed by atoms with Crippen molar-refractivity contribution in [2.45, 2.75) is 58.3 Å². The molecule has 2 unspecified atom stereocenters. The number of aliphatic hydroxyl groups is 1. The number of ether oxygens (including phenoxy) is 2. The molecule has 0 aromatic carbocycles. The molecule has 1 heterocycles. The molecule has 1 aliphatic heterocycles. The van der Waals surface area contributed by atoms with Gasteiger partial charge < -0.3 is 26.0 Å².